The zero-order valence-electron chi connectivity index (χ0n) is 17.0. The highest BCUT2D eigenvalue weighted by Crippen LogP contribution is 2.32. The van der Waals surface area contributed by atoms with E-state index in [4.69, 9.17) is 4.74 Å². The van der Waals surface area contributed by atoms with Crippen LogP contribution in [0.4, 0.5) is 0 Å². The molecule has 1 aromatic heterocycles. The van der Waals surface area contributed by atoms with Gasteiger partial charge in [0.25, 0.3) is 0 Å². The van der Waals surface area contributed by atoms with Gasteiger partial charge in [-0.1, -0.05) is 30.3 Å². The van der Waals surface area contributed by atoms with Crippen molar-refractivity contribution in [2.24, 2.45) is 5.92 Å². The van der Waals surface area contributed by atoms with E-state index < -0.39 is 0 Å². The lowest BCUT2D eigenvalue weighted by Gasteiger charge is -2.36. The zero-order chi connectivity index (χ0) is 19.7. The summed E-state index contributed by atoms with van der Waals surface area (Å²) < 4.78 is 5.56. The molecule has 5 heteroatoms. The van der Waals surface area contributed by atoms with Gasteiger partial charge in [0.05, 0.1) is 18.7 Å². The molecular weight excluding hydrogens is 350 g/mol. The van der Waals surface area contributed by atoms with Gasteiger partial charge in [0, 0.05) is 49.5 Å². The Morgan fingerprint density at radius 1 is 1.11 bits per heavy atom. The number of methoxy groups -OCH3 is 1. The number of carbonyl (C=O) groups is 1. The van der Waals surface area contributed by atoms with Crippen LogP contribution in [0.25, 0.3) is 0 Å². The smallest absolute Gasteiger partial charge is 0.227 e. The van der Waals surface area contributed by atoms with Crippen LogP contribution < -0.4 is 4.74 Å². The highest BCUT2D eigenvalue weighted by molar-refractivity contribution is 5.80. The molecule has 3 fully saturated rings. The molecule has 0 radical (unpaired) electrons. The topological polar surface area (TPSA) is 45.7 Å². The molecule has 2 bridgehead atoms. The molecule has 0 spiro atoms. The van der Waals surface area contributed by atoms with Crippen LogP contribution in [0, 0.1) is 19.8 Å². The third-order valence-corrected chi connectivity index (χ3v) is 6.19. The normalized spacial score (nSPS) is 22.4. The summed E-state index contributed by atoms with van der Waals surface area (Å²) in [7, 11) is 1.71. The SMILES string of the molecule is COc1c(C)cnc(CN2C[C@H]3CC[C@@H](C2)N(Cc2ccccc2)C3=O)c1C. The van der Waals surface area contributed by atoms with E-state index in [2.05, 4.69) is 33.8 Å². The predicted molar refractivity (Wildman–Crippen MR) is 109 cm³/mol. The van der Waals surface area contributed by atoms with Gasteiger partial charge in [-0.15, -0.1) is 0 Å². The highest BCUT2D eigenvalue weighted by Gasteiger charge is 2.40. The number of hydrogen-bond acceptors (Lipinski definition) is 4. The number of amides is 1. The van der Waals surface area contributed by atoms with Crippen molar-refractivity contribution in [2.45, 2.75) is 45.8 Å². The fraction of sp³-hybridized carbons (Fsp3) is 0.478. The van der Waals surface area contributed by atoms with E-state index in [1.54, 1.807) is 7.11 Å². The van der Waals surface area contributed by atoms with Gasteiger partial charge in [-0.05, 0) is 32.3 Å². The predicted octanol–water partition coefficient (Wildman–Crippen LogP) is 3.33. The summed E-state index contributed by atoms with van der Waals surface area (Å²) in [5, 5.41) is 0. The average molecular weight is 380 g/mol. The van der Waals surface area contributed by atoms with Crippen molar-refractivity contribution in [3.05, 3.63) is 58.9 Å². The van der Waals surface area contributed by atoms with E-state index in [-0.39, 0.29) is 12.0 Å². The Balaban J connectivity index is 1.53. The van der Waals surface area contributed by atoms with Gasteiger partial charge >= 0.3 is 0 Å². The van der Waals surface area contributed by atoms with Gasteiger partial charge in [0.2, 0.25) is 5.91 Å². The second-order valence-corrected chi connectivity index (χ2v) is 8.12. The molecule has 3 aliphatic rings. The fourth-order valence-corrected chi connectivity index (χ4v) is 4.69. The van der Waals surface area contributed by atoms with Crippen LogP contribution in [0.3, 0.4) is 0 Å². The summed E-state index contributed by atoms with van der Waals surface area (Å²) in [5.41, 5.74) is 4.41. The van der Waals surface area contributed by atoms with Gasteiger partial charge in [-0.2, -0.15) is 0 Å². The largest absolute Gasteiger partial charge is 0.496 e. The lowest BCUT2D eigenvalue weighted by atomic mass is 9.93. The second kappa shape index (κ2) is 7.92. The van der Waals surface area contributed by atoms with Crippen molar-refractivity contribution in [1.29, 1.82) is 0 Å². The number of carbonyl (C=O) groups excluding carboxylic acids is 1. The van der Waals surface area contributed by atoms with Crippen LogP contribution in [0.2, 0.25) is 0 Å². The summed E-state index contributed by atoms with van der Waals surface area (Å²) in [6.07, 6.45) is 3.97. The number of aryl methyl sites for hydroxylation is 1. The molecule has 1 aromatic carbocycles. The molecule has 3 saturated heterocycles. The number of rotatable bonds is 5. The third kappa shape index (κ3) is 3.63. The number of fused-ring (bicyclic) bond motifs is 4. The quantitative estimate of drug-likeness (QED) is 0.799. The standard InChI is InChI=1S/C23H29N3O2/c1-16-11-24-21(17(2)22(16)28-3)15-25-13-19-9-10-20(14-25)26(23(19)27)12-18-7-5-4-6-8-18/h4-8,11,19-20H,9-10,12-15H2,1-3H3/t19-,20+/m1/s1. The molecule has 28 heavy (non-hydrogen) atoms. The van der Waals surface area contributed by atoms with E-state index >= 15 is 0 Å². The van der Waals surface area contributed by atoms with Crippen molar-refractivity contribution in [1.82, 2.24) is 14.8 Å². The maximum Gasteiger partial charge on any atom is 0.227 e. The van der Waals surface area contributed by atoms with E-state index in [1.165, 1.54) is 5.56 Å². The van der Waals surface area contributed by atoms with E-state index in [1.807, 2.05) is 31.3 Å². The molecular formula is C23H29N3O2. The van der Waals surface area contributed by atoms with Gasteiger partial charge in [-0.3, -0.25) is 14.7 Å². The Morgan fingerprint density at radius 3 is 2.64 bits per heavy atom. The zero-order valence-corrected chi connectivity index (χ0v) is 17.0. The van der Waals surface area contributed by atoms with Gasteiger partial charge < -0.3 is 9.64 Å². The molecule has 1 amide bonds. The maximum atomic E-state index is 13.1. The molecule has 3 aliphatic heterocycles. The molecule has 0 saturated carbocycles. The molecule has 4 heterocycles. The van der Waals surface area contributed by atoms with Crippen LogP contribution in [0.5, 0.6) is 5.75 Å². The lowest BCUT2D eigenvalue weighted by molar-refractivity contribution is -0.140. The second-order valence-electron chi connectivity index (χ2n) is 8.12. The van der Waals surface area contributed by atoms with Crippen molar-refractivity contribution in [3.8, 4) is 5.75 Å². The number of pyridine rings is 1. The number of nitrogens with zero attached hydrogens (tertiary/aromatic N) is 3. The minimum atomic E-state index is 0.0927. The Morgan fingerprint density at radius 2 is 1.89 bits per heavy atom. The first kappa shape index (κ1) is 18.9. The third-order valence-electron chi connectivity index (χ3n) is 6.19. The average Bonchev–Trinajstić information content (AvgIpc) is 2.97. The Hall–Kier alpha value is -2.40. The molecule has 0 N–H and O–H groups in total. The summed E-state index contributed by atoms with van der Waals surface area (Å²) in [4.78, 5) is 22.3. The number of piperidine rings is 1. The molecule has 2 atom stereocenters. The maximum absolute atomic E-state index is 13.1. The Labute approximate surface area is 167 Å². The lowest BCUT2D eigenvalue weighted by Crippen LogP contribution is -2.47. The highest BCUT2D eigenvalue weighted by atomic mass is 16.5. The van der Waals surface area contributed by atoms with Crippen LogP contribution in [0.1, 0.15) is 35.2 Å². The molecule has 148 valence electrons. The summed E-state index contributed by atoms with van der Waals surface area (Å²) >= 11 is 0. The monoisotopic (exact) mass is 379 g/mol. The van der Waals surface area contributed by atoms with E-state index in [9.17, 15) is 4.79 Å². The minimum absolute atomic E-state index is 0.0927. The van der Waals surface area contributed by atoms with Crippen LogP contribution in [-0.2, 0) is 17.9 Å². The van der Waals surface area contributed by atoms with E-state index in [0.717, 1.165) is 55.0 Å². The van der Waals surface area contributed by atoms with Crippen molar-refractivity contribution in [3.63, 3.8) is 0 Å². The molecule has 0 unspecified atom stereocenters. The molecule has 5 rings (SSSR count). The Bertz CT molecular complexity index is 852. The number of aromatic nitrogens is 1. The first-order valence-electron chi connectivity index (χ1n) is 10.1. The Kier molecular flexibility index (Phi) is 5.36. The van der Waals surface area contributed by atoms with E-state index in [0.29, 0.717) is 12.5 Å². The van der Waals surface area contributed by atoms with Crippen molar-refractivity contribution >= 4 is 5.91 Å². The minimum Gasteiger partial charge on any atom is -0.496 e. The summed E-state index contributed by atoms with van der Waals surface area (Å²) in [6, 6.07) is 10.6. The first-order chi connectivity index (χ1) is 13.6. The molecule has 0 aliphatic carbocycles. The van der Waals surface area contributed by atoms with Crippen molar-refractivity contribution < 1.29 is 9.53 Å². The molecule has 5 nitrogen and oxygen atoms in total. The van der Waals surface area contributed by atoms with Crippen LogP contribution in [0.15, 0.2) is 36.5 Å². The summed E-state index contributed by atoms with van der Waals surface area (Å²) in [6.45, 7) is 7.30. The van der Waals surface area contributed by atoms with Crippen molar-refractivity contribution in [2.75, 3.05) is 20.2 Å². The first-order valence-corrected chi connectivity index (χ1v) is 10.1. The molecule has 2 aromatic rings. The summed E-state index contributed by atoms with van der Waals surface area (Å²) in [5.74, 6) is 1.33. The van der Waals surface area contributed by atoms with Gasteiger partial charge in [0.1, 0.15) is 5.75 Å². The van der Waals surface area contributed by atoms with Gasteiger partial charge in [0.15, 0.2) is 0 Å². The van der Waals surface area contributed by atoms with Crippen LogP contribution >= 0.6 is 0 Å². The van der Waals surface area contributed by atoms with Gasteiger partial charge in [-0.25, -0.2) is 0 Å². The number of benzene rings is 1. The number of hydrogen-bond donors (Lipinski definition) is 0. The number of ether oxygens (including phenoxy) is 1. The van der Waals surface area contributed by atoms with Crippen LogP contribution in [-0.4, -0.2) is 46.9 Å². The fourth-order valence-electron chi connectivity index (χ4n) is 4.69.